The molecule has 3 rings (SSSR count). The number of esters is 1. The first-order chi connectivity index (χ1) is 13.8. The number of nitrogens with zero attached hydrogens (tertiary/aromatic N) is 1. The van der Waals surface area contributed by atoms with Gasteiger partial charge in [-0.25, -0.2) is 4.79 Å². The fourth-order valence-corrected chi connectivity index (χ4v) is 5.29. The molecule has 1 aromatic carbocycles. The molecule has 0 spiro atoms. The number of fused-ring (bicyclic) bond motifs is 1. The first-order valence-electron chi connectivity index (χ1n) is 9.58. The van der Waals surface area contributed by atoms with Crippen LogP contribution in [0.4, 0.5) is 0 Å². The first-order valence-corrected chi connectivity index (χ1v) is 10.6. The molecule has 29 heavy (non-hydrogen) atoms. The lowest BCUT2D eigenvalue weighted by atomic mass is 10.0. The Kier molecular flexibility index (Phi) is 6.46. The quantitative estimate of drug-likeness (QED) is 0.633. The van der Waals surface area contributed by atoms with Gasteiger partial charge < -0.3 is 20.3 Å². The molecule has 0 bridgehead atoms. The number of benzene rings is 1. The van der Waals surface area contributed by atoms with Crippen molar-refractivity contribution in [3.63, 3.8) is 0 Å². The SMILES string of the molecule is CC(C)NC(=O)CNC(=O)COC(=O)[C@H]1CS[C@@]2(c3ccccc3)CCC(=O)N12. The number of thioether (sulfide) groups is 1. The average molecular weight is 420 g/mol. The third-order valence-electron chi connectivity index (χ3n) is 4.87. The molecule has 2 saturated heterocycles. The maximum Gasteiger partial charge on any atom is 0.330 e. The molecule has 2 atom stereocenters. The fraction of sp³-hybridized carbons (Fsp3) is 0.500. The van der Waals surface area contributed by atoms with Crippen molar-refractivity contribution in [3.8, 4) is 0 Å². The molecular formula is C20H25N3O5S. The lowest BCUT2D eigenvalue weighted by Gasteiger charge is -2.33. The van der Waals surface area contributed by atoms with E-state index in [4.69, 9.17) is 4.74 Å². The largest absolute Gasteiger partial charge is 0.454 e. The number of rotatable bonds is 7. The van der Waals surface area contributed by atoms with E-state index in [9.17, 15) is 19.2 Å². The van der Waals surface area contributed by atoms with E-state index in [1.807, 2.05) is 44.2 Å². The van der Waals surface area contributed by atoms with Crippen LogP contribution in [0.1, 0.15) is 32.3 Å². The van der Waals surface area contributed by atoms with Gasteiger partial charge in [-0.05, 0) is 25.8 Å². The Balaban J connectivity index is 1.57. The molecule has 9 heteroatoms. The minimum Gasteiger partial charge on any atom is -0.454 e. The predicted octanol–water partition coefficient (Wildman–Crippen LogP) is 0.761. The molecule has 0 unspecified atom stereocenters. The van der Waals surface area contributed by atoms with E-state index >= 15 is 0 Å². The minimum atomic E-state index is -0.729. The second-order valence-electron chi connectivity index (χ2n) is 7.35. The third-order valence-corrected chi connectivity index (χ3v) is 6.46. The normalized spacial score (nSPS) is 23.1. The molecule has 0 aliphatic carbocycles. The second kappa shape index (κ2) is 8.86. The molecule has 0 radical (unpaired) electrons. The smallest absolute Gasteiger partial charge is 0.330 e. The Hall–Kier alpha value is -2.55. The van der Waals surface area contributed by atoms with E-state index in [-0.39, 0.29) is 24.4 Å². The van der Waals surface area contributed by atoms with E-state index in [1.54, 1.807) is 16.7 Å². The van der Waals surface area contributed by atoms with Crippen LogP contribution in [0.15, 0.2) is 30.3 Å². The highest BCUT2D eigenvalue weighted by molar-refractivity contribution is 8.00. The summed E-state index contributed by atoms with van der Waals surface area (Å²) in [6.45, 7) is 2.96. The van der Waals surface area contributed by atoms with Gasteiger partial charge in [0.1, 0.15) is 10.9 Å². The van der Waals surface area contributed by atoms with Crippen molar-refractivity contribution in [2.45, 2.75) is 43.6 Å². The van der Waals surface area contributed by atoms with Crippen molar-refractivity contribution >= 4 is 35.5 Å². The van der Waals surface area contributed by atoms with Crippen molar-refractivity contribution < 1.29 is 23.9 Å². The number of amides is 3. The summed E-state index contributed by atoms with van der Waals surface area (Å²) in [4.78, 5) is 49.6. The average Bonchev–Trinajstić information content (AvgIpc) is 3.24. The highest BCUT2D eigenvalue weighted by atomic mass is 32.2. The van der Waals surface area contributed by atoms with Crippen molar-refractivity contribution in [3.05, 3.63) is 35.9 Å². The zero-order chi connectivity index (χ0) is 21.0. The molecule has 2 aliphatic heterocycles. The Labute approximate surface area is 173 Å². The van der Waals surface area contributed by atoms with E-state index in [1.165, 1.54) is 0 Å². The lowest BCUT2D eigenvalue weighted by molar-refractivity contribution is -0.156. The van der Waals surface area contributed by atoms with Gasteiger partial charge in [0.2, 0.25) is 11.8 Å². The Morgan fingerprint density at radius 2 is 1.97 bits per heavy atom. The van der Waals surface area contributed by atoms with Crippen LogP contribution in [0.3, 0.4) is 0 Å². The summed E-state index contributed by atoms with van der Waals surface area (Å²) in [5, 5.41) is 5.06. The topological polar surface area (TPSA) is 105 Å². The molecule has 0 aromatic heterocycles. The van der Waals surface area contributed by atoms with Gasteiger partial charge in [-0.2, -0.15) is 0 Å². The molecular weight excluding hydrogens is 394 g/mol. The van der Waals surface area contributed by atoms with E-state index in [0.29, 0.717) is 18.6 Å². The third kappa shape index (κ3) is 4.55. The maximum atomic E-state index is 12.6. The summed E-state index contributed by atoms with van der Waals surface area (Å²) >= 11 is 1.56. The first kappa shape index (κ1) is 21.2. The summed E-state index contributed by atoms with van der Waals surface area (Å²) < 4.78 is 5.15. The number of hydrogen-bond acceptors (Lipinski definition) is 6. The van der Waals surface area contributed by atoms with Crippen molar-refractivity contribution in [1.82, 2.24) is 15.5 Å². The molecule has 8 nitrogen and oxygen atoms in total. The number of carbonyl (C=O) groups is 4. The summed E-state index contributed by atoms with van der Waals surface area (Å²) in [6, 6.07) is 8.90. The summed E-state index contributed by atoms with van der Waals surface area (Å²) in [5.74, 6) is -1.16. The Morgan fingerprint density at radius 1 is 1.24 bits per heavy atom. The number of hydrogen-bond donors (Lipinski definition) is 2. The van der Waals surface area contributed by atoms with Gasteiger partial charge in [-0.3, -0.25) is 14.4 Å². The van der Waals surface area contributed by atoms with Gasteiger partial charge >= 0.3 is 5.97 Å². The summed E-state index contributed by atoms with van der Waals surface area (Å²) in [6.07, 6.45) is 1.01. The van der Waals surface area contributed by atoms with Gasteiger partial charge in [0.25, 0.3) is 5.91 Å². The van der Waals surface area contributed by atoms with Gasteiger partial charge in [0.15, 0.2) is 6.61 Å². The van der Waals surface area contributed by atoms with Crippen LogP contribution in [0, 0.1) is 0 Å². The zero-order valence-electron chi connectivity index (χ0n) is 16.5. The number of ether oxygens (including phenoxy) is 1. The van der Waals surface area contributed by atoms with E-state index < -0.39 is 29.4 Å². The van der Waals surface area contributed by atoms with Crippen LogP contribution >= 0.6 is 11.8 Å². The summed E-state index contributed by atoms with van der Waals surface area (Å²) in [5.41, 5.74) is 0.986. The van der Waals surface area contributed by atoms with Crippen molar-refractivity contribution in [2.75, 3.05) is 18.9 Å². The van der Waals surface area contributed by atoms with Crippen LogP contribution in [0.5, 0.6) is 0 Å². The van der Waals surface area contributed by atoms with Gasteiger partial charge in [-0.15, -0.1) is 11.8 Å². The monoisotopic (exact) mass is 419 g/mol. The molecule has 3 amide bonds. The maximum absolute atomic E-state index is 12.6. The van der Waals surface area contributed by atoms with Gasteiger partial charge in [0.05, 0.1) is 6.54 Å². The molecule has 2 fully saturated rings. The highest BCUT2D eigenvalue weighted by Crippen LogP contribution is 2.54. The van der Waals surface area contributed by atoms with Crippen LogP contribution in [-0.2, 0) is 28.8 Å². The Morgan fingerprint density at radius 3 is 2.66 bits per heavy atom. The molecule has 1 aromatic rings. The predicted molar refractivity (Wildman–Crippen MR) is 108 cm³/mol. The zero-order valence-corrected chi connectivity index (χ0v) is 17.3. The highest BCUT2D eigenvalue weighted by Gasteiger charge is 2.57. The number of nitrogens with one attached hydrogen (secondary N) is 2. The molecule has 0 saturated carbocycles. The number of carbonyl (C=O) groups excluding carboxylic acids is 4. The Bertz CT molecular complexity index is 801. The van der Waals surface area contributed by atoms with Crippen molar-refractivity contribution in [1.29, 1.82) is 0 Å². The summed E-state index contributed by atoms with van der Waals surface area (Å²) in [7, 11) is 0. The van der Waals surface area contributed by atoms with E-state index in [2.05, 4.69) is 10.6 Å². The van der Waals surface area contributed by atoms with Crippen LogP contribution < -0.4 is 10.6 Å². The van der Waals surface area contributed by atoms with Crippen LogP contribution in [0.25, 0.3) is 0 Å². The molecule has 156 valence electrons. The minimum absolute atomic E-state index is 0.0278. The molecule has 2 aliphatic rings. The molecule has 2 N–H and O–H groups in total. The standard InChI is InChI=1S/C20H25N3O5S/c1-13(2)22-16(24)10-21-17(25)11-28-19(27)15-12-29-20(9-8-18(26)23(15)20)14-6-4-3-5-7-14/h3-7,13,15H,8-12H2,1-2H3,(H,21,25)(H,22,24)/t15-,20-/m1/s1. The fourth-order valence-electron chi connectivity index (χ4n) is 3.65. The van der Waals surface area contributed by atoms with Gasteiger partial charge in [-0.1, -0.05) is 30.3 Å². The van der Waals surface area contributed by atoms with Crippen molar-refractivity contribution in [2.24, 2.45) is 0 Å². The van der Waals surface area contributed by atoms with Crippen LogP contribution in [-0.4, -0.2) is 59.6 Å². The molecule has 2 heterocycles. The van der Waals surface area contributed by atoms with Gasteiger partial charge in [0, 0.05) is 18.2 Å². The lowest BCUT2D eigenvalue weighted by Crippen LogP contribution is -2.47. The van der Waals surface area contributed by atoms with E-state index in [0.717, 1.165) is 5.56 Å². The second-order valence-corrected chi connectivity index (χ2v) is 8.64. The van der Waals surface area contributed by atoms with Crippen LogP contribution in [0.2, 0.25) is 0 Å².